The molecule has 0 saturated carbocycles. The highest BCUT2D eigenvalue weighted by Crippen LogP contribution is 2.03. The van der Waals surface area contributed by atoms with E-state index in [1.807, 2.05) is 6.08 Å². The van der Waals surface area contributed by atoms with E-state index in [-0.39, 0.29) is 11.9 Å². The summed E-state index contributed by atoms with van der Waals surface area (Å²) >= 11 is 0. The third-order valence-electron chi connectivity index (χ3n) is 2.23. The Kier molecular flexibility index (Phi) is 7.05. The molecule has 1 atom stereocenters. The van der Waals surface area contributed by atoms with Crippen LogP contribution in [0.15, 0.2) is 11.6 Å². The third kappa shape index (κ3) is 7.14. The molecule has 0 aliphatic rings. The molecule has 0 fully saturated rings. The van der Waals surface area contributed by atoms with E-state index in [9.17, 15) is 4.79 Å². The van der Waals surface area contributed by atoms with Crippen molar-refractivity contribution in [3.05, 3.63) is 11.6 Å². The first kappa shape index (κ1) is 14.2. The summed E-state index contributed by atoms with van der Waals surface area (Å²) in [6.45, 7) is 9.20. The number of carbonyl (C=O) groups is 1. The zero-order valence-electron chi connectivity index (χ0n) is 10.3. The van der Waals surface area contributed by atoms with Gasteiger partial charge in [-0.3, -0.25) is 4.79 Å². The summed E-state index contributed by atoms with van der Waals surface area (Å²) in [5.41, 5.74) is 5.84. The second-order valence-corrected chi connectivity index (χ2v) is 4.41. The zero-order valence-corrected chi connectivity index (χ0v) is 10.3. The van der Waals surface area contributed by atoms with Gasteiger partial charge in [0.2, 0.25) is 5.91 Å². The second kappa shape index (κ2) is 7.46. The van der Waals surface area contributed by atoms with E-state index in [0.717, 1.165) is 19.4 Å². The van der Waals surface area contributed by atoms with Crippen molar-refractivity contribution in [2.24, 2.45) is 11.7 Å². The lowest BCUT2D eigenvalue weighted by Crippen LogP contribution is -2.31. The highest BCUT2D eigenvalue weighted by molar-refractivity contribution is 5.91. The molecule has 0 aromatic carbocycles. The van der Waals surface area contributed by atoms with Crippen LogP contribution in [0, 0.1) is 5.92 Å². The van der Waals surface area contributed by atoms with Crippen LogP contribution in [0.5, 0.6) is 0 Å². The molecular weight excluding hydrogens is 188 g/mol. The molecule has 0 aromatic rings. The first-order valence-corrected chi connectivity index (χ1v) is 5.69. The molecule has 3 nitrogen and oxygen atoms in total. The number of nitrogens with one attached hydrogen (secondary N) is 1. The minimum atomic E-state index is -0.331. The van der Waals surface area contributed by atoms with Crippen LogP contribution in [0.1, 0.15) is 40.5 Å². The summed E-state index contributed by atoms with van der Waals surface area (Å²) in [6, 6.07) is 0.268. The fourth-order valence-corrected chi connectivity index (χ4v) is 1.33. The van der Waals surface area contributed by atoms with Gasteiger partial charge in [-0.1, -0.05) is 33.3 Å². The monoisotopic (exact) mass is 212 g/mol. The molecule has 1 unspecified atom stereocenters. The Morgan fingerprint density at radius 2 is 2.07 bits per heavy atom. The van der Waals surface area contributed by atoms with Crippen LogP contribution in [-0.2, 0) is 4.79 Å². The van der Waals surface area contributed by atoms with Crippen molar-refractivity contribution in [3.63, 3.8) is 0 Å². The van der Waals surface area contributed by atoms with Crippen molar-refractivity contribution in [1.29, 1.82) is 0 Å². The number of amides is 1. The van der Waals surface area contributed by atoms with Crippen LogP contribution in [0.3, 0.4) is 0 Å². The van der Waals surface area contributed by atoms with Gasteiger partial charge in [0.15, 0.2) is 0 Å². The number of rotatable bonds is 7. The smallest absolute Gasteiger partial charge is 0.244 e. The topological polar surface area (TPSA) is 55.1 Å². The summed E-state index contributed by atoms with van der Waals surface area (Å²) in [5.74, 6) is 0.286. The Morgan fingerprint density at radius 1 is 1.47 bits per heavy atom. The minimum Gasteiger partial charge on any atom is -0.366 e. The summed E-state index contributed by atoms with van der Waals surface area (Å²) < 4.78 is 0. The van der Waals surface area contributed by atoms with E-state index in [0.29, 0.717) is 11.5 Å². The van der Waals surface area contributed by atoms with Crippen LogP contribution in [0.4, 0.5) is 0 Å². The molecule has 88 valence electrons. The van der Waals surface area contributed by atoms with E-state index in [1.54, 1.807) is 6.92 Å². The molecule has 3 N–H and O–H groups in total. The lowest BCUT2D eigenvalue weighted by Gasteiger charge is -2.16. The lowest BCUT2D eigenvalue weighted by molar-refractivity contribution is -0.114. The maximum absolute atomic E-state index is 10.9. The van der Waals surface area contributed by atoms with Crippen LogP contribution in [0.2, 0.25) is 0 Å². The summed E-state index contributed by atoms with van der Waals surface area (Å²) in [4.78, 5) is 10.9. The molecule has 0 rings (SSSR count). The Morgan fingerprint density at radius 3 is 2.47 bits per heavy atom. The van der Waals surface area contributed by atoms with E-state index >= 15 is 0 Å². The Hall–Kier alpha value is -0.830. The molecule has 0 bridgehead atoms. The molecule has 0 aromatic heterocycles. The van der Waals surface area contributed by atoms with Crippen LogP contribution < -0.4 is 11.1 Å². The molecule has 0 radical (unpaired) electrons. The predicted octanol–water partition coefficient (Wildman–Crippen LogP) is 1.83. The van der Waals surface area contributed by atoms with Crippen molar-refractivity contribution < 1.29 is 4.79 Å². The molecule has 0 aliphatic heterocycles. The van der Waals surface area contributed by atoms with E-state index in [2.05, 4.69) is 26.1 Å². The zero-order chi connectivity index (χ0) is 11.8. The number of primary amides is 1. The Balaban J connectivity index is 4.26. The molecule has 0 heterocycles. The molecule has 3 heteroatoms. The largest absolute Gasteiger partial charge is 0.366 e. The van der Waals surface area contributed by atoms with E-state index < -0.39 is 0 Å². The van der Waals surface area contributed by atoms with Gasteiger partial charge in [0.1, 0.15) is 0 Å². The fraction of sp³-hybridized carbons (Fsp3) is 0.750. The first-order valence-electron chi connectivity index (χ1n) is 5.69. The van der Waals surface area contributed by atoms with Crippen molar-refractivity contribution in [1.82, 2.24) is 5.32 Å². The van der Waals surface area contributed by atoms with Gasteiger partial charge in [0.25, 0.3) is 0 Å². The number of hydrogen-bond donors (Lipinski definition) is 2. The quantitative estimate of drug-likeness (QED) is 0.633. The highest BCUT2D eigenvalue weighted by Gasteiger charge is 2.07. The van der Waals surface area contributed by atoms with E-state index in [4.69, 9.17) is 5.73 Å². The average molecular weight is 212 g/mol. The standard InChI is InChI=1S/C12H24N2O/c1-5-6-11(14-8-9(2)3)7-10(4)12(13)15/h7,9,11,14H,5-6,8H2,1-4H3,(H2,13,15)/b10-7+. The predicted molar refractivity (Wildman–Crippen MR) is 64.5 cm³/mol. The molecule has 0 saturated heterocycles. The van der Waals surface area contributed by atoms with Crippen molar-refractivity contribution >= 4 is 5.91 Å². The van der Waals surface area contributed by atoms with Gasteiger partial charge >= 0.3 is 0 Å². The van der Waals surface area contributed by atoms with Gasteiger partial charge < -0.3 is 11.1 Å². The van der Waals surface area contributed by atoms with Gasteiger partial charge in [-0.05, 0) is 25.8 Å². The molecule has 1 amide bonds. The maximum Gasteiger partial charge on any atom is 0.244 e. The SMILES string of the molecule is CCCC(/C=C(\C)C(N)=O)NCC(C)C. The summed E-state index contributed by atoms with van der Waals surface area (Å²) in [5, 5.41) is 3.42. The first-order chi connectivity index (χ1) is 6.97. The average Bonchev–Trinajstić information content (AvgIpc) is 2.14. The number of hydrogen-bond acceptors (Lipinski definition) is 2. The second-order valence-electron chi connectivity index (χ2n) is 4.41. The van der Waals surface area contributed by atoms with Crippen molar-refractivity contribution in [2.75, 3.05) is 6.54 Å². The third-order valence-corrected chi connectivity index (χ3v) is 2.23. The Bertz CT molecular complexity index is 222. The lowest BCUT2D eigenvalue weighted by atomic mass is 10.1. The van der Waals surface area contributed by atoms with Gasteiger partial charge in [0, 0.05) is 11.6 Å². The van der Waals surface area contributed by atoms with Gasteiger partial charge in [-0.25, -0.2) is 0 Å². The highest BCUT2D eigenvalue weighted by atomic mass is 16.1. The number of nitrogens with two attached hydrogens (primary N) is 1. The van der Waals surface area contributed by atoms with Crippen molar-refractivity contribution in [3.8, 4) is 0 Å². The van der Waals surface area contributed by atoms with Crippen LogP contribution in [-0.4, -0.2) is 18.5 Å². The fourth-order valence-electron chi connectivity index (χ4n) is 1.33. The molecule has 0 spiro atoms. The Labute approximate surface area is 93.1 Å². The molecule has 0 aliphatic carbocycles. The maximum atomic E-state index is 10.9. The van der Waals surface area contributed by atoms with E-state index in [1.165, 1.54) is 0 Å². The van der Waals surface area contributed by atoms with Gasteiger partial charge in [-0.15, -0.1) is 0 Å². The van der Waals surface area contributed by atoms with Crippen LogP contribution in [0.25, 0.3) is 0 Å². The van der Waals surface area contributed by atoms with Crippen molar-refractivity contribution in [2.45, 2.75) is 46.6 Å². The van der Waals surface area contributed by atoms with Gasteiger partial charge in [-0.2, -0.15) is 0 Å². The summed E-state index contributed by atoms with van der Waals surface area (Å²) in [6.07, 6.45) is 4.07. The minimum absolute atomic E-state index is 0.268. The number of carbonyl (C=O) groups excluding carboxylic acids is 1. The molecule has 15 heavy (non-hydrogen) atoms. The van der Waals surface area contributed by atoms with Gasteiger partial charge in [0.05, 0.1) is 0 Å². The summed E-state index contributed by atoms with van der Waals surface area (Å²) in [7, 11) is 0. The molecular formula is C12H24N2O. The van der Waals surface area contributed by atoms with Crippen LogP contribution >= 0.6 is 0 Å². The normalized spacial score (nSPS) is 14.3.